The van der Waals surface area contributed by atoms with E-state index in [1.54, 1.807) is 6.07 Å². The van der Waals surface area contributed by atoms with Crippen LogP contribution in [-0.2, 0) is 0 Å². The molecule has 1 amide bonds. The minimum absolute atomic E-state index is 0.0531. The van der Waals surface area contributed by atoms with Crippen LogP contribution in [0.4, 0.5) is 5.69 Å². The highest BCUT2D eigenvalue weighted by molar-refractivity contribution is 5.96. The van der Waals surface area contributed by atoms with Crippen LogP contribution in [0.2, 0.25) is 0 Å². The second-order valence-corrected chi connectivity index (χ2v) is 5.92. The summed E-state index contributed by atoms with van der Waals surface area (Å²) in [6.45, 7) is 10.3. The highest BCUT2D eigenvalue weighted by Gasteiger charge is 2.20. The number of benzene rings is 1. The van der Waals surface area contributed by atoms with E-state index in [0.29, 0.717) is 17.2 Å². The molecule has 106 valence electrons. The molecular weight excluding hydrogens is 236 g/mol. The molecule has 1 rings (SSSR count). The van der Waals surface area contributed by atoms with Crippen LogP contribution in [0.5, 0.6) is 0 Å². The normalized spacial score (nSPS) is 12.6. The molecule has 3 nitrogen and oxygen atoms in total. The molecule has 3 heteroatoms. The Kier molecular flexibility index (Phi) is 4.98. The van der Waals surface area contributed by atoms with Crippen molar-refractivity contribution < 1.29 is 4.79 Å². The predicted molar refractivity (Wildman–Crippen MR) is 81.3 cm³/mol. The average molecular weight is 262 g/mol. The third-order valence-corrected chi connectivity index (χ3v) is 3.64. The SMILES string of the molecule is Cc1cc(C)c(C(=O)N(C)C(C)CC(C)C)cc1N. The van der Waals surface area contributed by atoms with Gasteiger partial charge in [-0.3, -0.25) is 4.79 Å². The second kappa shape index (κ2) is 6.09. The minimum Gasteiger partial charge on any atom is -0.398 e. The summed E-state index contributed by atoms with van der Waals surface area (Å²) in [5.41, 5.74) is 9.31. The molecule has 1 unspecified atom stereocenters. The Labute approximate surface area is 116 Å². The number of carbonyl (C=O) groups is 1. The van der Waals surface area contributed by atoms with Gasteiger partial charge in [0.05, 0.1) is 0 Å². The van der Waals surface area contributed by atoms with Crippen LogP contribution in [0, 0.1) is 19.8 Å². The maximum Gasteiger partial charge on any atom is 0.254 e. The zero-order valence-electron chi connectivity index (χ0n) is 12.9. The first kappa shape index (κ1) is 15.5. The summed E-state index contributed by atoms with van der Waals surface area (Å²) >= 11 is 0. The lowest BCUT2D eigenvalue weighted by Gasteiger charge is -2.27. The van der Waals surface area contributed by atoms with Gasteiger partial charge in [-0.15, -0.1) is 0 Å². The third-order valence-electron chi connectivity index (χ3n) is 3.64. The van der Waals surface area contributed by atoms with Crippen molar-refractivity contribution in [2.75, 3.05) is 12.8 Å². The number of nitrogen functional groups attached to an aromatic ring is 1. The smallest absolute Gasteiger partial charge is 0.254 e. The van der Waals surface area contributed by atoms with Crippen molar-refractivity contribution in [2.45, 2.75) is 47.1 Å². The van der Waals surface area contributed by atoms with Gasteiger partial charge in [0.25, 0.3) is 5.91 Å². The number of carbonyl (C=O) groups excluding carboxylic acids is 1. The van der Waals surface area contributed by atoms with E-state index in [0.717, 1.165) is 17.5 Å². The molecule has 0 radical (unpaired) electrons. The van der Waals surface area contributed by atoms with Crippen molar-refractivity contribution in [2.24, 2.45) is 5.92 Å². The van der Waals surface area contributed by atoms with Crippen molar-refractivity contribution in [1.29, 1.82) is 0 Å². The predicted octanol–water partition coefficient (Wildman–Crippen LogP) is 3.39. The molecule has 1 aromatic carbocycles. The Morgan fingerprint density at radius 1 is 1.21 bits per heavy atom. The average Bonchev–Trinajstić information content (AvgIpc) is 2.31. The zero-order valence-corrected chi connectivity index (χ0v) is 12.9. The topological polar surface area (TPSA) is 46.3 Å². The number of amides is 1. The van der Waals surface area contributed by atoms with Gasteiger partial charge in [-0.05, 0) is 50.3 Å². The lowest BCUT2D eigenvalue weighted by molar-refractivity contribution is 0.0727. The molecule has 0 aliphatic heterocycles. The fraction of sp³-hybridized carbons (Fsp3) is 0.562. The van der Waals surface area contributed by atoms with Crippen molar-refractivity contribution in [1.82, 2.24) is 4.90 Å². The molecule has 19 heavy (non-hydrogen) atoms. The molecule has 1 aromatic rings. The second-order valence-electron chi connectivity index (χ2n) is 5.92. The summed E-state index contributed by atoms with van der Waals surface area (Å²) in [5, 5.41) is 0. The van der Waals surface area contributed by atoms with E-state index in [2.05, 4.69) is 20.8 Å². The molecule has 0 aromatic heterocycles. The van der Waals surface area contributed by atoms with E-state index in [1.807, 2.05) is 31.9 Å². The molecule has 0 fully saturated rings. The van der Waals surface area contributed by atoms with E-state index in [1.165, 1.54) is 0 Å². The van der Waals surface area contributed by atoms with E-state index in [4.69, 9.17) is 5.73 Å². The summed E-state index contributed by atoms with van der Waals surface area (Å²) in [5.74, 6) is 0.631. The summed E-state index contributed by atoms with van der Waals surface area (Å²) < 4.78 is 0. The van der Waals surface area contributed by atoms with Gasteiger partial charge in [0.15, 0.2) is 0 Å². The van der Waals surface area contributed by atoms with Gasteiger partial charge < -0.3 is 10.6 Å². The summed E-state index contributed by atoms with van der Waals surface area (Å²) in [4.78, 5) is 14.3. The highest BCUT2D eigenvalue weighted by atomic mass is 16.2. The number of nitrogens with two attached hydrogens (primary N) is 1. The fourth-order valence-corrected chi connectivity index (χ4v) is 2.33. The number of rotatable bonds is 4. The van der Waals surface area contributed by atoms with Crippen molar-refractivity contribution in [3.63, 3.8) is 0 Å². The molecular formula is C16H26N2O. The van der Waals surface area contributed by atoms with Crippen LogP contribution >= 0.6 is 0 Å². The number of aryl methyl sites for hydroxylation is 2. The zero-order chi connectivity index (χ0) is 14.7. The Balaban J connectivity index is 2.97. The van der Waals surface area contributed by atoms with Crippen LogP contribution < -0.4 is 5.73 Å². The highest BCUT2D eigenvalue weighted by Crippen LogP contribution is 2.20. The first-order chi connectivity index (χ1) is 8.73. The Morgan fingerprint density at radius 2 is 1.79 bits per heavy atom. The van der Waals surface area contributed by atoms with Gasteiger partial charge in [-0.25, -0.2) is 0 Å². The van der Waals surface area contributed by atoms with Gasteiger partial charge in [-0.2, -0.15) is 0 Å². The molecule has 0 saturated carbocycles. The largest absolute Gasteiger partial charge is 0.398 e. The van der Waals surface area contributed by atoms with Crippen LogP contribution in [0.3, 0.4) is 0 Å². The molecule has 0 heterocycles. The number of nitrogens with zero attached hydrogens (tertiary/aromatic N) is 1. The maximum atomic E-state index is 12.5. The molecule has 2 N–H and O–H groups in total. The standard InChI is InChI=1S/C16H26N2O/c1-10(2)7-13(5)18(6)16(19)14-9-15(17)12(4)8-11(14)3/h8-10,13H,7,17H2,1-6H3. The molecule has 1 atom stereocenters. The van der Waals surface area contributed by atoms with E-state index < -0.39 is 0 Å². The van der Waals surface area contributed by atoms with Crippen LogP contribution in [0.25, 0.3) is 0 Å². The summed E-state index contributed by atoms with van der Waals surface area (Å²) in [7, 11) is 1.87. The molecule has 0 spiro atoms. The van der Waals surface area contributed by atoms with Gasteiger partial charge in [0.2, 0.25) is 0 Å². The van der Waals surface area contributed by atoms with Crippen molar-refractivity contribution in [3.05, 3.63) is 28.8 Å². The summed E-state index contributed by atoms with van der Waals surface area (Å²) in [6, 6.07) is 4.00. The fourth-order valence-electron chi connectivity index (χ4n) is 2.33. The Bertz CT molecular complexity index is 466. The third kappa shape index (κ3) is 3.72. The van der Waals surface area contributed by atoms with Gasteiger partial charge >= 0.3 is 0 Å². The maximum absolute atomic E-state index is 12.5. The number of anilines is 1. The lowest BCUT2D eigenvalue weighted by atomic mass is 10.0. The molecule has 0 saturated heterocycles. The van der Waals surface area contributed by atoms with Crippen molar-refractivity contribution >= 4 is 11.6 Å². The number of hydrogen-bond donors (Lipinski definition) is 1. The van der Waals surface area contributed by atoms with E-state index in [9.17, 15) is 4.79 Å². The van der Waals surface area contributed by atoms with Crippen LogP contribution in [-0.4, -0.2) is 23.9 Å². The van der Waals surface area contributed by atoms with Crippen molar-refractivity contribution in [3.8, 4) is 0 Å². The quantitative estimate of drug-likeness (QED) is 0.845. The van der Waals surface area contributed by atoms with Crippen LogP contribution in [0.1, 0.15) is 48.7 Å². The molecule has 0 aliphatic carbocycles. The molecule has 0 aliphatic rings. The lowest BCUT2D eigenvalue weighted by Crippen LogP contribution is -2.36. The van der Waals surface area contributed by atoms with Gasteiger partial charge in [-0.1, -0.05) is 19.9 Å². The first-order valence-electron chi connectivity index (χ1n) is 6.88. The summed E-state index contributed by atoms with van der Waals surface area (Å²) in [6.07, 6.45) is 1.00. The Morgan fingerprint density at radius 3 is 2.32 bits per heavy atom. The van der Waals surface area contributed by atoms with Gasteiger partial charge in [0.1, 0.15) is 0 Å². The van der Waals surface area contributed by atoms with E-state index >= 15 is 0 Å². The Hall–Kier alpha value is -1.51. The number of hydrogen-bond acceptors (Lipinski definition) is 2. The first-order valence-corrected chi connectivity index (χ1v) is 6.88. The van der Waals surface area contributed by atoms with Gasteiger partial charge in [0, 0.05) is 24.3 Å². The molecule has 0 bridgehead atoms. The van der Waals surface area contributed by atoms with Crippen LogP contribution in [0.15, 0.2) is 12.1 Å². The van der Waals surface area contributed by atoms with E-state index in [-0.39, 0.29) is 11.9 Å². The monoisotopic (exact) mass is 262 g/mol. The minimum atomic E-state index is 0.0531.